The van der Waals surface area contributed by atoms with Crippen LogP contribution in [-0.4, -0.2) is 18.1 Å². The first-order chi connectivity index (χ1) is 5.35. The predicted octanol–water partition coefficient (Wildman–Crippen LogP) is 2.46. The van der Waals surface area contributed by atoms with E-state index in [-0.39, 0.29) is 6.42 Å². The molecule has 0 aliphatic rings. The molecule has 0 bridgehead atoms. The largest absolute Gasteiger partial charge is 0.511 e. The first-order valence-corrected chi connectivity index (χ1v) is 3.68. The highest BCUT2D eigenvalue weighted by molar-refractivity contribution is 5.60. The van der Waals surface area contributed by atoms with Crippen LogP contribution >= 0.6 is 0 Å². The van der Waals surface area contributed by atoms with E-state index in [0.717, 1.165) is 0 Å². The van der Waals surface area contributed by atoms with Gasteiger partial charge in [0, 0.05) is 6.42 Å². The van der Waals surface area contributed by atoms with Crippen LogP contribution < -0.4 is 0 Å². The normalized spacial score (nSPS) is 13.8. The molecule has 0 aromatic rings. The van der Waals surface area contributed by atoms with Gasteiger partial charge in [0.25, 0.3) is 0 Å². The molecule has 0 saturated heterocycles. The Labute approximate surface area is 71.8 Å². The maximum atomic E-state index is 12.4. The molecule has 0 rings (SSSR count). The van der Waals surface area contributed by atoms with Crippen LogP contribution in [0.3, 0.4) is 0 Å². The van der Waals surface area contributed by atoms with Crippen LogP contribution in [0, 0.1) is 6.92 Å². The number of carbonyl (C=O) groups excluding carboxylic acids is 1. The molecule has 0 aliphatic carbocycles. The number of hydrogen-bond donors (Lipinski definition) is 0. The lowest BCUT2D eigenvalue weighted by molar-refractivity contribution is -0.0605. The number of ether oxygens (including phenoxy) is 2. The van der Waals surface area contributed by atoms with Crippen LogP contribution in [0.15, 0.2) is 0 Å². The van der Waals surface area contributed by atoms with Crippen molar-refractivity contribution in [2.75, 3.05) is 0 Å². The van der Waals surface area contributed by atoms with Gasteiger partial charge in [-0.3, -0.25) is 0 Å². The zero-order chi connectivity index (χ0) is 9.78. The van der Waals surface area contributed by atoms with Gasteiger partial charge >= 0.3 is 6.16 Å². The van der Waals surface area contributed by atoms with E-state index in [1.165, 1.54) is 0 Å². The zero-order valence-electron chi connectivity index (χ0n) is 7.59. The lowest BCUT2D eigenvalue weighted by Crippen LogP contribution is -2.26. The van der Waals surface area contributed by atoms with E-state index >= 15 is 0 Å². The fraction of sp³-hybridized carbons (Fsp3) is 0.750. The van der Waals surface area contributed by atoms with Gasteiger partial charge in [0.2, 0.25) is 6.36 Å². The molecule has 0 amide bonds. The molecule has 0 fully saturated rings. The number of alkyl halides is 1. The average molecular weight is 177 g/mol. The first-order valence-electron chi connectivity index (χ1n) is 3.68. The zero-order valence-corrected chi connectivity index (χ0v) is 7.59. The Morgan fingerprint density at radius 3 is 2.42 bits per heavy atom. The van der Waals surface area contributed by atoms with Crippen molar-refractivity contribution in [2.45, 2.75) is 39.2 Å². The van der Waals surface area contributed by atoms with E-state index in [9.17, 15) is 9.18 Å². The summed E-state index contributed by atoms with van der Waals surface area (Å²) in [5.74, 6) is 0. The molecule has 71 valence electrons. The van der Waals surface area contributed by atoms with Gasteiger partial charge in [0.05, 0.1) is 0 Å². The second kappa shape index (κ2) is 4.28. The third-order valence-corrected chi connectivity index (χ3v) is 0.841. The van der Waals surface area contributed by atoms with Crippen molar-refractivity contribution in [2.24, 2.45) is 0 Å². The number of hydrogen-bond acceptors (Lipinski definition) is 3. The monoisotopic (exact) mass is 177 g/mol. The second-order valence-corrected chi connectivity index (χ2v) is 3.28. The lowest BCUT2D eigenvalue weighted by atomic mass is 10.2. The van der Waals surface area contributed by atoms with Gasteiger partial charge in [0.15, 0.2) is 0 Å². The summed E-state index contributed by atoms with van der Waals surface area (Å²) in [7, 11) is 0. The summed E-state index contributed by atoms with van der Waals surface area (Å²) in [5, 5.41) is 0. The van der Waals surface area contributed by atoms with Crippen LogP contribution in [0.25, 0.3) is 0 Å². The minimum absolute atomic E-state index is 0.112. The lowest BCUT2D eigenvalue weighted by Gasteiger charge is -2.19. The Bertz CT molecular complexity index is 151. The van der Waals surface area contributed by atoms with Crippen molar-refractivity contribution in [3.8, 4) is 0 Å². The molecule has 0 N–H and O–H groups in total. The van der Waals surface area contributed by atoms with E-state index in [2.05, 4.69) is 16.4 Å². The molecule has 1 atom stereocenters. The molecule has 0 heterocycles. The highest BCUT2D eigenvalue weighted by Crippen LogP contribution is 2.10. The number of carbonyl (C=O) groups is 1. The maximum absolute atomic E-state index is 12.4. The Hall–Kier alpha value is -0.800. The van der Waals surface area contributed by atoms with Crippen LogP contribution in [0.2, 0.25) is 0 Å². The SMILES string of the molecule is [CH2]CC(F)OC(=O)OC(C)(C)C. The Kier molecular flexibility index (Phi) is 4.00. The first kappa shape index (κ1) is 11.2. The summed E-state index contributed by atoms with van der Waals surface area (Å²) in [6.45, 7) is 8.24. The standard InChI is InChI=1S/C8H14FO3/c1-5-6(9)11-7(10)12-8(2,3)4/h6H,1,5H2,2-4H3. The molecular weight excluding hydrogens is 163 g/mol. The predicted molar refractivity (Wildman–Crippen MR) is 42.2 cm³/mol. The van der Waals surface area contributed by atoms with Crippen molar-refractivity contribution in [1.29, 1.82) is 0 Å². The van der Waals surface area contributed by atoms with Crippen molar-refractivity contribution in [3.05, 3.63) is 6.92 Å². The summed E-state index contributed by atoms with van der Waals surface area (Å²) in [5.41, 5.74) is -0.655. The minimum atomic E-state index is -1.68. The van der Waals surface area contributed by atoms with Crippen LogP contribution in [-0.2, 0) is 9.47 Å². The summed E-state index contributed by atoms with van der Waals surface area (Å²) >= 11 is 0. The molecule has 0 aliphatic heterocycles. The smallest absolute Gasteiger partial charge is 0.428 e. The topological polar surface area (TPSA) is 35.5 Å². The van der Waals surface area contributed by atoms with Crippen molar-refractivity contribution in [1.82, 2.24) is 0 Å². The Morgan fingerprint density at radius 2 is 2.08 bits per heavy atom. The molecule has 1 radical (unpaired) electrons. The highest BCUT2D eigenvalue weighted by Gasteiger charge is 2.19. The number of rotatable bonds is 2. The van der Waals surface area contributed by atoms with E-state index in [1.807, 2.05) is 0 Å². The minimum Gasteiger partial charge on any atom is -0.428 e. The average Bonchev–Trinajstić information content (AvgIpc) is 1.82. The molecule has 1 unspecified atom stereocenters. The molecule has 0 saturated carbocycles. The fourth-order valence-electron chi connectivity index (χ4n) is 0.437. The van der Waals surface area contributed by atoms with Crippen LogP contribution in [0.1, 0.15) is 27.2 Å². The maximum Gasteiger partial charge on any atom is 0.511 e. The summed E-state index contributed by atoms with van der Waals surface area (Å²) < 4.78 is 21.2. The van der Waals surface area contributed by atoms with E-state index in [4.69, 9.17) is 0 Å². The van der Waals surface area contributed by atoms with Gasteiger partial charge in [-0.2, -0.15) is 0 Å². The van der Waals surface area contributed by atoms with Crippen molar-refractivity contribution < 1.29 is 18.7 Å². The van der Waals surface area contributed by atoms with Crippen LogP contribution in [0.4, 0.5) is 9.18 Å². The molecule has 0 aromatic carbocycles. The van der Waals surface area contributed by atoms with Crippen molar-refractivity contribution in [3.63, 3.8) is 0 Å². The van der Waals surface area contributed by atoms with Gasteiger partial charge in [-0.25, -0.2) is 9.18 Å². The van der Waals surface area contributed by atoms with Gasteiger partial charge in [-0.1, -0.05) is 0 Å². The van der Waals surface area contributed by atoms with Crippen molar-refractivity contribution >= 4 is 6.16 Å². The molecule has 0 spiro atoms. The second-order valence-electron chi connectivity index (χ2n) is 3.28. The van der Waals surface area contributed by atoms with E-state index < -0.39 is 18.1 Å². The summed E-state index contributed by atoms with van der Waals surface area (Å²) in [6.07, 6.45) is -2.79. The molecule has 12 heavy (non-hydrogen) atoms. The number of halogens is 1. The van der Waals surface area contributed by atoms with Crippen LogP contribution in [0.5, 0.6) is 0 Å². The van der Waals surface area contributed by atoms with Gasteiger partial charge in [0.1, 0.15) is 5.60 Å². The molecular formula is C8H14FO3. The molecule has 0 aromatic heterocycles. The summed E-state index contributed by atoms with van der Waals surface area (Å²) in [6, 6.07) is 0. The van der Waals surface area contributed by atoms with E-state index in [0.29, 0.717) is 0 Å². The van der Waals surface area contributed by atoms with Gasteiger partial charge in [-0.05, 0) is 27.7 Å². The highest BCUT2D eigenvalue weighted by atomic mass is 19.1. The van der Waals surface area contributed by atoms with Gasteiger partial charge < -0.3 is 9.47 Å². The quantitative estimate of drug-likeness (QED) is 0.608. The summed E-state index contributed by atoms with van der Waals surface area (Å²) in [4.78, 5) is 10.7. The third-order valence-electron chi connectivity index (χ3n) is 0.841. The van der Waals surface area contributed by atoms with Gasteiger partial charge in [-0.15, -0.1) is 0 Å². The Morgan fingerprint density at radius 1 is 1.58 bits per heavy atom. The fourth-order valence-corrected chi connectivity index (χ4v) is 0.437. The Balaban J connectivity index is 3.75. The molecule has 4 heteroatoms. The molecule has 3 nitrogen and oxygen atoms in total. The third kappa shape index (κ3) is 5.95. The van der Waals surface area contributed by atoms with E-state index in [1.54, 1.807) is 20.8 Å².